The van der Waals surface area contributed by atoms with Gasteiger partial charge in [0.1, 0.15) is 0 Å². The van der Waals surface area contributed by atoms with Crippen LogP contribution < -0.4 is 0 Å². The van der Waals surface area contributed by atoms with Crippen molar-refractivity contribution in [3.05, 3.63) is 35.5 Å². The van der Waals surface area contributed by atoms with Crippen LogP contribution in [-0.2, 0) is 4.74 Å². The van der Waals surface area contributed by atoms with Crippen molar-refractivity contribution in [2.24, 2.45) is 17.3 Å². The van der Waals surface area contributed by atoms with Gasteiger partial charge in [0, 0.05) is 19.4 Å². The van der Waals surface area contributed by atoms with Crippen LogP contribution in [0.3, 0.4) is 0 Å². The lowest BCUT2D eigenvalue weighted by molar-refractivity contribution is -0.0628. The summed E-state index contributed by atoms with van der Waals surface area (Å²) >= 11 is 0. The largest absolute Gasteiger partial charge is 0.393 e. The Morgan fingerprint density at radius 3 is 2.74 bits per heavy atom. The smallest absolute Gasteiger partial charge is 0.0871 e. The second-order valence-electron chi connectivity index (χ2n) is 10.6. The second kappa shape index (κ2) is 9.88. The van der Waals surface area contributed by atoms with Crippen LogP contribution in [0.25, 0.3) is 0 Å². The maximum absolute atomic E-state index is 10.1. The quantitative estimate of drug-likeness (QED) is 0.491. The van der Waals surface area contributed by atoms with E-state index in [-0.39, 0.29) is 18.1 Å². The van der Waals surface area contributed by atoms with E-state index in [0.29, 0.717) is 37.7 Å². The van der Waals surface area contributed by atoms with Crippen molar-refractivity contribution in [3.8, 4) is 0 Å². The topological polar surface area (TPSA) is 90.2 Å². The van der Waals surface area contributed by atoms with Crippen molar-refractivity contribution in [1.29, 1.82) is 0 Å². The first-order chi connectivity index (χ1) is 14.6. The molecule has 3 rings (SSSR count). The average molecular weight is 435 g/mol. The molecule has 0 aromatic carbocycles. The molecule has 0 heterocycles. The van der Waals surface area contributed by atoms with Crippen LogP contribution in [0.1, 0.15) is 72.1 Å². The normalized spacial score (nSPS) is 39.5. The number of hydrogen-bond acceptors (Lipinski definition) is 5. The zero-order chi connectivity index (χ0) is 22.8. The lowest BCUT2D eigenvalue weighted by Crippen LogP contribution is -2.39. The Labute approximate surface area is 187 Å². The third-order valence-corrected chi connectivity index (χ3v) is 8.23. The summed E-state index contributed by atoms with van der Waals surface area (Å²) in [5, 5.41) is 39.4. The van der Waals surface area contributed by atoms with E-state index in [1.54, 1.807) is 6.92 Å². The molecule has 0 unspecified atom stereocenters. The summed E-state index contributed by atoms with van der Waals surface area (Å²) in [5.41, 5.74) is 2.30. The molecule has 0 amide bonds. The standard InChI is InChI=1S/C26H42O5/c1-17-20(14-21(28)15-24(17)29)8-7-19-6-5-11-26(4)22(9-10-23(19)26)18(2)31-13-12-25(3,30)16-27/h7-8,18,21-24,27-30H,1,5-6,9-16H2,2-4H3/b19-7+,20-8+/t18-,21+,22+,23-,24-,25-,26+/m0/s1. The van der Waals surface area contributed by atoms with Crippen molar-refractivity contribution in [2.45, 2.75) is 96.1 Å². The van der Waals surface area contributed by atoms with Gasteiger partial charge in [-0.15, -0.1) is 0 Å². The highest BCUT2D eigenvalue weighted by atomic mass is 16.5. The Balaban J connectivity index is 1.68. The molecule has 7 atom stereocenters. The molecule has 0 aliphatic heterocycles. The van der Waals surface area contributed by atoms with Crippen molar-refractivity contribution in [3.63, 3.8) is 0 Å². The highest BCUT2D eigenvalue weighted by Crippen LogP contribution is 2.58. The zero-order valence-electron chi connectivity index (χ0n) is 19.5. The van der Waals surface area contributed by atoms with Crippen LogP contribution in [0, 0.1) is 17.3 Å². The van der Waals surface area contributed by atoms with E-state index in [2.05, 4.69) is 32.6 Å². The third-order valence-electron chi connectivity index (χ3n) is 8.23. The minimum absolute atomic E-state index is 0.116. The lowest BCUT2D eigenvalue weighted by atomic mass is 9.62. The van der Waals surface area contributed by atoms with Gasteiger partial charge in [-0.1, -0.05) is 31.2 Å². The van der Waals surface area contributed by atoms with Gasteiger partial charge in [0.2, 0.25) is 0 Å². The molecule has 5 heteroatoms. The van der Waals surface area contributed by atoms with Gasteiger partial charge in [-0.3, -0.25) is 0 Å². The van der Waals surface area contributed by atoms with Crippen LogP contribution in [0.5, 0.6) is 0 Å². The Hall–Kier alpha value is -0.980. The Morgan fingerprint density at radius 1 is 1.29 bits per heavy atom. The summed E-state index contributed by atoms with van der Waals surface area (Å²) < 4.78 is 6.14. The minimum Gasteiger partial charge on any atom is -0.393 e. The summed E-state index contributed by atoms with van der Waals surface area (Å²) in [7, 11) is 0. The summed E-state index contributed by atoms with van der Waals surface area (Å²) in [6, 6.07) is 0. The van der Waals surface area contributed by atoms with Crippen LogP contribution in [0.4, 0.5) is 0 Å². The van der Waals surface area contributed by atoms with Gasteiger partial charge in [0.05, 0.1) is 30.5 Å². The zero-order valence-corrected chi connectivity index (χ0v) is 19.5. The molecule has 176 valence electrons. The molecule has 4 N–H and O–H groups in total. The number of fused-ring (bicyclic) bond motifs is 1. The molecule has 0 aromatic rings. The van der Waals surface area contributed by atoms with E-state index in [9.17, 15) is 20.4 Å². The summed E-state index contributed by atoms with van der Waals surface area (Å²) in [5.74, 6) is 1.00. The molecule has 3 aliphatic rings. The maximum Gasteiger partial charge on any atom is 0.0871 e. The lowest BCUT2D eigenvalue weighted by Gasteiger charge is -2.44. The number of aliphatic hydroxyl groups excluding tert-OH is 3. The van der Waals surface area contributed by atoms with Crippen molar-refractivity contribution in [1.82, 2.24) is 0 Å². The molecule has 3 fully saturated rings. The molecule has 5 nitrogen and oxygen atoms in total. The van der Waals surface area contributed by atoms with Crippen LogP contribution >= 0.6 is 0 Å². The highest BCUT2D eigenvalue weighted by molar-refractivity contribution is 5.38. The van der Waals surface area contributed by atoms with Crippen molar-refractivity contribution in [2.75, 3.05) is 13.2 Å². The van der Waals surface area contributed by atoms with Crippen molar-refractivity contribution >= 4 is 0 Å². The van der Waals surface area contributed by atoms with Gasteiger partial charge in [-0.2, -0.15) is 0 Å². The first kappa shape index (κ1) is 24.7. The van der Waals surface area contributed by atoms with Crippen LogP contribution in [0.2, 0.25) is 0 Å². The van der Waals surface area contributed by atoms with Gasteiger partial charge in [-0.25, -0.2) is 0 Å². The monoisotopic (exact) mass is 434 g/mol. The third kappa shape index (κ3) is 5.51. The van der Waals surface area contributed by atoms with Crippen molar-refractivity contribution < 1.29 is 25.2 Å². The highest BCUT2D eigenvalue weighted by Gasteiger charge is 2.51. The molecular formula is C26H42O5. The maximum atomic E-state index is 10.1. The van der Waals surface area contributed by atoms with E-state index in [0.717, 1.165) is 36.8 Å². The van der Waals surface area contributed by atoms with Gasteiger partial charge in [0.15, 0.2) is 0 Å². The van der Waals surface area contributed by atoms with E-state index in [1.165, 1.54) is 12.0 Å². The molecule has 0 saturated heterocycles. The van der Waals surface area contributed by atoms with Gasteiger partial charge >= 0.3 is 0 Å². The molecule has 0 bridgehead atoms. The second-order valence-corrected chi connectivity index (χ2v) is 10.6. The van der Waals surface area contributed by atoms with Gasteiger partial charge in [-0.05, 0) is 80.8 Å². The van der Waals surface area contributed by atoms with E-state index < -0.39 is 17.8 Å². The number of aliphatic hydroxyl groups is 4. The first-order valence-corrected chi connectivity index (χ1v) is 12.0. The van der Waals surface area contributed by atoms with E-state index in [1.807, 2.05) is 0 Å². The molecule has 0 spiro atoms. The molecular weight excluding hydrogens is 392 g/mol. The first-order valence-electron chi connectivity index (χ1n) is 12.0. The van der Waals surface area contributed by atoms with Crippen LogP contribution in [-0.4, -0.2) is 57.6 Å². The number of hydrogen-bond donors (Lipinski definition) is 4. The number of allylic oxidation sites excluding steroid dienone is 3. The SMILES string of the molecule is C=C1/C(=C/C=C2\CCC[C@]3(C)[C@@H]([C@H](C)OCC[C@](C)(O)CO)CC[C@@H]23)C[C@@H](O)C[C@@H]1O. The average Bonchev–Trinajstić information content (AvgIpc) is 3.07. The molecule has 3 saturated carbocycles. The molecule has 0 aromatic heterocycles. The fourth-order valence-electron chi connectivity index (χ4n) is 6.18. The predicted molar refractivity (Wildman–Crippen MR) is 122 cm³/mol. The summed E-state index contributed by atoms with van der Waals surface area (Å²) in [6.07, 6.45) is 10.4. The molecule has 3 aliphatic carbocycles. The fourth-order valence-corrected chi connectivity index (χ4v) is 6.18. The number of rotatable bonds is 7. The molecule has 0 radical (unpaired) electrons. The fraction of sp³-hybridized carbons (Fsp3) is 0.769. The van der Waals surface area contributed by atoms with Crippen LogP contribution in [0.15, 0.2) is 35.5 Å². The van der Waals surface area contributed by atoms with Gasteiger partial charge < -0.3 is 25.2 Å². The number of ether oxygens (including phenoxy) is 1. The Kier molecular flexibility index (Phi) is 7.86. The summed E-state index contributed by atoms with van der Waals surface area (Å²) in [4.78, 5) is 0. The Bertz CT molecular complexity index is 709. The Morgan fingerprint density at radius 2 is 2.03 bits per heavy atom. The summed E-state index contributed by atoms with van der Waals surface area (Å²) in [6.45, 7) is 10.4. The minimum atomic E-state index is -1.08. The van der Waals surface area contributed by atoms with Gasteiger partial charge in [0.25, 0.3) is 0 Å². The molecule has 31 heavy (non-hydrogen) atoms. The predicted octanol–water partition coefficient (Wildman–Crippen LogP) is 3.67. The van der Waals surface area contributed by atoms with E-state index in [4.69, 9.17) is 4.74 Å². The van der Waals surface area contributed by atoms with E-state index >= 15 is 0 Å².